The van der Waals surface area contributed by atoms with Gasteiger partial charge in [0, 0.05) is 11.4 Å². The molecule has 0 N–H and O–H groups in total. The molecule has 2 aromatic carbocycles. The number of alkyl halides is 1. The maximum atomic E-state index is 13.7. The molecule has 112 valence electrons. The molecule has 2 aromatic rings. The Morgan fingerprint density at radius 2 is 1.62 bits per heavy atom. The van der Waals surface area contributed by atoms with Gasteiger partial charge in [0.05, 0.1) is 7.11 Å². The van der Waals surface area contributed by atoms with Crippen molar-refractivity contribution in [2.24, 2.45) is 5.92 Å². The lowest BCUT2D eigenvalue weighted by atomic mass is 9.93. The average Bonchev–Trinajstić information content (AvgIpc) is 2.50. The van der Waals surface area contributed by atoms with E-state index in [9.17, 15) is 8.78 Å². The minimum Gasteiger partial charge on any atom is -0.497 e. The van der Waals surface area contributed by atoms with Gasteiger partial charge < -0.3 is 4.74 Å². The van der Waals surface area contributed by atoms with Crippen LogP contribution >= 0.6 is 11.6 Å². The minimum atomic E-state index is -0.514. The largest absolute Gasteiger partial charge is 0.497 e. The summed E-state index contributed by atoms with van der Waals surface area (Å²) in [5.74, 6) is 0.0762. The lowest BCUT2D eigenvalue weighted by Crippen LogP contribution is -2.12. The highest BCUT2D eigenvalue weighted by Gasteiger charge is 2.16. The third kappa shape index (κ3) is 4.18. The summed E-state index contributed by atoms with van der Waals surface area (Å²) in [7, 11) is 1.61. The van der Waals surface area contributed by atoms with E-state index < -0.39 is 11.6 Å². The molecule has 0 fully saturated rings. The molecule has 0 aliphatic carbocycles. The fourth-order valence-electron chi connectivity index (χ4n) is 2.29. The number of rotatable bonds is 6. The Morgan fingerprint density at radius 1 is 1.00 bits per heavy atom. The number of ether oxygens (including phenoxy) is 1. The second-order valence-electron chi connectivity index (χ2n) is 4.98. The number of benzene rings is 2. The van der Waals surface area contributed by atoms with Crippen LogP contribution in [0.1, 0.15) is 11.1 Å². The van der Waals surface area contributed by atoms with E-state index >= 15 is 0 Å². The Hall–Kier alpha value is -1.61. The van der Waals surface area contributed by atoms with Crippen molar-refractivity contribution < 1.29 is 13.5 Å². The quantitative estimate of drug-likeness (QED) is 0.708. The van der Waals surface area contributed by atoms with Crippen LogP contribution in [0.15, 0.2) is 42.5 Å². The monoisotopic (exact) mass is 310 g/mol. The van der Waals surface area contributed by atoms with Crippen molar-refractivity contribution in [3.8, 4) is 5.75 Å². The van der Waals surface area contributed by atoms with E-state index in [0.717, 1.165) is 11.3 Å². The summed E-state index contributed by atoms with van der Waals surface area (Å²) in [5.41, 5.74) is 1.18. The van der Waals surface area contributed by atoms with E-state index in [2.05, 4.69) is 0 Å². The van der Waals surface area contributed by atoms with Gasteiger partial charge in [0.2, 0.25) is 0 Å². The Bertz CT molecular complexity index is 564. The first-order valence-corrected chi connectivity index (χ1v) is 7.29. The number of hydrogen-bond donors (Lipinski definition) is 0. The van der Waals surface area contributed by atoms with Crippen LogP contribution in [0.25, 0.3) is 0 Å². The summed E-state index contributed by atoms with van der Waals surface area (Å²) in [6, 6.07) is 11.5. The van der Waals surface area contributed by atoms with E-state index in [1.807, 2.05) is 24.3 Å². The summed E-state index contributed by atoms with van der Waals surface area (Å²) in [6.45, 7) is 0. The molecule has 0 saturated carbocycles. The molecule has 0 saturated heterocycles. The molecular weight excluding hydrogens is 294 g/mol. The molecule has 1 atom stereocenters. The summed E-state index contributed by atoms with van der Waals surface area (Å²) >= 11 is 5.96. The fraction of sp³-hybridized carbons (Fsp3) is 0.294. The molecule has 0 aromatic heterocycles. The van der Waals surface area contributed by atoms with Crippen molar-refractivity contribution >= 4 is 11.6 Å². The molecule has 0 amide bonds. The van der Waals surface area contributed by atoms with Crippen LogP contribution in [0.4, 0.5) is 8.78 Å². The minimum absolute atomic E-state index is 0.0218. The van der Waals surface area contributed by atoms with Crippen molar-refractivity contribution in [2.75, 3.05) is 13.0 Å². The zero-order valence-corrected chi connectivity index (χ0v) is 12.5. The van der Waals surface area contributed by atoms with Crippen LogP contribution in [0.2, 0.25) is 0 Å². The van der Waals surface area contributed by atoms with Crippen LogP contribution < -0.4 is 4.74 Å². The molecule has 2 rings (SSSR count). The molecule has 0 radical (unpaired) electrons. The molecule has 1 nitrogen and oxygen atoms in total. The van der Waals surface area contributed by atoms with Crippen molar-refractivity contribution in [1.29, 1.82) is 0 Å². The maximum absolute atomic E-state index is 13.7. The van der Waals surface area contributed by atoms with Gasteiger partial charge in [-0.05, 0) is 48.6 Å². The Balaban J connectivity index is 2.09. The fourth-order valence-corrected chi connectivity index (χ4v) is 2.51. The molecule has 0 heterocycles. The lowest BCUT2D eigenvalue weighted by Gasteiger charge is -2.15. The summed E-state index contributed by atoms with van der Waals surface area (Å²) < 4.78 is 32.5. The smallest absolute Gasteiger partial charge is 0.129 e. The number of halogens is 3. The van der Waals surface area contributed by atoms with Crippen molar-refractivity contribution in [2.45, 2.75) is 12.8 Å². The molecule has 0 spiro atoms. The van der Waals surface area contributed by atoms with Crippen molar-refractivity contribution in [3.63, 3.8) is 0 Å². The molecule has 1 unspecified atom stereocenters. The zero-order valence-electron chi connectivity index (χ0n) is 11.8. The Morgan fingerprint density at radius 3 is 2.14 bits per heavy atom. The average molecular weight is 311 g/mol. The first-order chi connectivity index (χ1) is 10.1. The van der Waals surface area contributed by atoms with Crippen LogP contribution in [-0.2, 0) is 12.8 Å². The summed E-state index contributed by atoms with van der Waals surface area (Å²) in [6.07, 6.45) is 0.954. The van der Waals surface area contributed by atoms with E-state index in [0.29, 0.717) is 12.3 Å². The van der Waals surface area contributed by atoms with Gasteiger partial charge >= 0.3 is 0 Å². The highest BCUT2D eigenvalue weighted by molar-refractivity contribution is 6.18. The van der Waals surface area contributed by atoms with E-state index in [1.165, 1.54) is 18.2 Å². The number of methoxy groups -OCH3 is 1. The first-order valence-electron chi connectivity index (χ1n) is 6.75. The molecule has 0 aliphatic heterocycles. The second kappa shape index (κ2) is 7.41. The van der Waals surface area contributed by atoms with Gasteiger partial charge in [0.15, 0.2) is 0 Å². The SMILES string of the molecule is COc1ccc(CC(CCl)Cc2c(F)cccc2F)cc1. The second-order valence-corrected chi connectivity index (χ2v) is 5.29. The first kappa shape index (κ1) is 15.8. The third-order valence-corrected chi connectivity index (χ3v) is 3.89. The molecule has 21 heavy (non-hydrogen) atoms. The van der Waals surface area contributed by atoms with Gasteiger partial charge in [0.25, 0.3) is 0 Å². The van der Waals surface area contributed by atoms with Gasteiger partial charge in [-0.1, -0.05) is 18.2 Å². The topological polar surface area (TPSA) is 9.23 Å². The van der Waals surface area contributed by atoms with Gasteiger partial charge in [-0.25, -0.2) is 8.78 Å². The van der Waals surface area contributed by atoms with Crippen LogP contribution in [0.5, 0.6) is 5.75 Å². The lowest BCUT2D eigenvalue weighted by molar-refractivity contribution is 0.414. The Kier molecular flexibility index (Phi) is 5.57. The molecule has 0 bridgehead atoms. The van der Waals surface area contributed by atoms with Gasteiger partial charge in [0.1, 0.15) is 17.4 Å². The normalized spacial score (nSPS) is 12.2. The standard InChI is InChI=1S/C17H17ClF2O/c1-21-14-7-5-12(6-8-14)9-13(11-18)10-15-16(19)3-2-4-17(15)20/h2-8,13H,9-11H2,1H3. The highest BCUT2D eigenvalue weighted by Crippen LogP contribution is 2.21. The van der Waals surface area contributed by atoms with Crippen molar-refractivity contribution in [3.05, 3.63) is 65.2 Å². The highest BCUT2D eigenvalue weighted by atomic mass is 35.5. The number of hydrogen-bond acceptors (Lipinski definition) is 1. The predicted octanol–water partition coefficient (Wildman–Crippen LogP) is 4.61. The molecule has 4 heteroatoms. The zero-order chi connectivity index (χ0) is 15.2. The molecule has 0 aliphatic rings. The van der Waals surface area contributed by atoms with Gasteiger partial charge in [-0.3, -0.25) is 0 Å². The third-order valence-electron chi connectivity index (χ3n) is 3.46. The molecular formula is C17H17ClF2O. The summed E-state index contributed by atoms with van der Waals surface area (Å²) in [4.78, 5) is 0. The van der Waals surface area contributed by atoms with Crippen molar-refractivity contribution in [1.82, 2.24) is 0 Å². The Labute approximate surface area is 128 Å². The van der Waals surface area contributed by atoms with E-state index in [-0.39, 0.29) is 17.9 Å². The van der Waals surface area contributed by atoms with E-state index in [4.69, 9.17) is 16.3 Å². The maximum Gasteiger partial charge on any atom is 0.129 e. The van der Waals surface area contributed by atoms with Crippen LogP contribution in [0.3, 0.4) is 0 Å². The predicted molar refractivity (Wildman–Crippen MR) is 81.0 cm³/mol. The van der Waals surface area contributed by atoms with Gasteiger partial charge in [-0.15, -0.1) is 11.6 Å². The van der Waals surface area contributed by atoms with Gasteiger partial charge in [-0.2, -0.15) is 0 Å². The van der Waals surface area contributed by atoms with E-state index in [1.54, 1.807) is 7.11 Å². The summed E-state index contributed by atoms with van der Waals surface area (Å²) in [5, 5.41) is 0. The van der Waals surface area contributed by atoms with Crippen LogP contribution in [-0.4, -0.2) is 13.0 Å². The van der Waals surface area contributed by atoms with Crippen LogP contribution in [0, 0.1) is 17.6 Å².